The van der Waals surface area contributed by atoms with Gasteiger partial charge in [-0.15, -0.1) is 0 Å². The van der Waals surface area contributed by atoms with Crippen LogP contribution in [0.15, 0.2) is 12.1 Å². The maximum absolute atomic E-state index is 11.9. The predicted molar refractivity (Wildman–Crippen MR) is 67.5 cm³/mol. The molecule has 1 spiro atoms. The number of phenols is 1. The second-order valence-electron chi connectivity index (χ2n) is 4.24. The molecule has 1 fully saturated rings. The number of imide groups is 1. The molecule has 1 aliphatic carbocycles. The molecular weight excluding hydrogens is 335 g/mol. The van der Waals surface area contributed by atoms with Crippen molar-refractivity contribution >= 4 is 34.5 Å². The highest BCUT2D eigenvalue weighted by atomic mass is 127. The van der Waals surface area contributed by atoms with Gasteiger partial charge in [0.05, 0.1) is 3.57 Å². The van der Waals surface area contributed by atoms with E-state index in [9.17, 15) is 14.7 Å². The molecule has 1 saturated heterocycles. The van der Waals surface area contributed by atoms with E-state index in [-0.39, 0.29) is 11.7 Å². The number of urea groups is 1. The third-order valence-corrected chi connectivity index (χ3v) is 4.58. The standard InChI is InChI=1S/C11H9IN2O3/c12-8-5-3-4-11(6(5)1-2-7(8)15)9(16)13-10(17)14-11/h1-2,15H,3-4H2,(H2,13,14,16,17). The van der Waals surface area contributed by atoms with E-state index in [1.165, 1.54) is 0 Å². The Kier molecular flexibility index (Phi) is 2.13. The Morgan fingerprint density at radius 1 is 1.35 bits per heavy atom. The fourth-order valence-electron chi connectivity index (χ4n) is 2.56. The molecule has 6 heteroatoms. The average molecular weight is 344 g/mol. The lowest BCUT2D eigenvalue weighted by Gasteiger charge is -2.21. The number of benzene rings is 1. The van der Waals surface area contributed by atoms with E-state index in [0.717, 1.165) is 14.7 Å². The van der Waals surface area contributed by atoms with Crippen molar-refractivity contribution in [3.05, 3.63) is 26.8 Å². The third kappa shape index (κ3) is 1.30. The van der Waals surface area contributed by atoms with Crippen LogP contribution in [0.2, 0.25) is 0 Å². The van der Waals surface area contributed by atoms with E-state index in [0.29, 0.717) is 12.8 Å². The zero-order chi connectivity index (χ0) is 12.2. The number of carbonyl (C=O) groups is 2. The molecule has 17 heavy (non-hydrogen) atoms. The summed E-state index contributed by atoms with van der Waals surface area (Å²) in [5.74, 6) is -0.0890. The van der Waals surface area contributed by atoms with Gasteiger partial charge in [-0.1, -0.05) is 6.07 Å². The molecule has 0 radical (unpaired) electrons. The lowest BCUT2D eigenvalue weighted by atomic mass is 9.92. The zero-order valence-electron chi connectivity index (χ0n) is 8.71. The first-order valence-electron chi connectivity index (χ1n) is 5.19. The van der Waals surface area contributed by atoms with Crippen LogP contribution < -0.4 is 10.6 Å². The van der Waals surface area contributed by atoms with Gasteiger partial charge in [0.1, 0.15) is 11.3 Å². The number of halogens is 1. The van der Waals surface area contributed by atoms with Crippen LogP contribution in [-0.2, 0) is 16.8 Å². The first-order valence-corrected chi connectivity index (χ1v) is 6.27. The Bertz CT molecular complexity index is 558. The number of nitrogens with one attached hydrogen (secondary N) is 2. The summed E-state index contributed by atoms with van der Waals surface area (Å²) in [6, 6.07) is 2.82. The second kappa shape index (κ2) is 3.34. The van der Waals surface area contributed by atoms with Gasteiger partial charge in [0, 0.05) is 0 Å². The normalized spacial score (nSPS) is 25.9. The topological polar surface area (TPSA) is 78.4 Å². The van der Waals surface area contributed by atoms with Crippen molar-refractivity contribution in [2.45, 2.75) is 18.4 Å². The molecule has 3 N–H and O–H groups in total. The van der Waals surface area contributed by atoms with Crippen molar-refractivity contribution in [1.82, 2.24) is 10.6 Å². The number of hydrogen-bond acceptors (Lipinski definition) is 3. The Hall–Kier alpha value is -1.31. The number of hydrogen-bond donors (Lipinski definition) is 3. The minimum atomic E-state index is -0.931. The molecule has 88 valence electrons. The Labute approximate surface area is 111 Å². The first-order chi connectivity index (χ1) is 8.04. The highest BCUT2D eigenvalue weighted by molar-refractivity contribution is 14.1. The molecule has 2 aliphatic rings. The van der Waals surface area contributed by atoms with Crippen LogP contribution in [0.4, 0.5) is 4.79 Å². The smallest absolute Gasteiger partial charge is 0.322 e. The molecule has 0 aromatic heterocycles. The largest absolute Gasteiger partial charge is 0.507 e. The summed E-state index contributed by atoms with van der Waals surface area (Å²) >= 11 is 2.06. The van der Waals surface area contributed by atoms with Crippen LogP contribution >= 0.6 is 22.6 Å². The number of phenolic OH excluding ortho intramolecular Hbond substituents is 1. The summed E-state index contributed by atoms with van der Waals surface area (Å²) < 4.78 is 0.755. The summed E-state index contributed by atoms with van der Waals surface area (Å²) in [7, 11) is 0. The fraction of sp³-hybridized carbons (Fsp3) is 0.273. The maximum atomic E-state index is 11.9. The molecule has 5 nitrogen and oxygen atoms in total. The van der Waals surface area contributed by atoms with Crippen LogP contribution in [0.3, 0.4) is 0 Å². The molecule has 0 saturated carbocycles. The van der Waals surface area contributed by atoms with Crippen LogP contribution in [0.5, 0.6) is 5.75 Å². The predicted octanol–water partition coefficient (Wildman–Crippen LogP) is 0.978. The molecule has 0 bridgehead atoms. The zero-order valence-corrected chi connectivity index (χ0v) is 10.9. The quantitative estimate of drug-likeness (QED) is 0.485. The minimum absolute atomic E-state index is 0.214. The lowest BCUT2D eigenvalue weighted by molar-refractivity contribution is -0.124. The Morgan fingerprint density at radius 3 is 2.76 bits per heavy atom. The lowest BCUT2D eigenvalue weighted by Crippen LogP contribution is -2.41. The molecule has 1 aromatic rings. The van der Waals surface area contributed by atoms with E-state index < -0.39 is 11.6 Å². The summed E-state index contributed by atoms with van der Waals surface area (Å²) in [6.45, 7) is 0. The molecule has 1 heterocycles. The number of amides is 3. The summed E-state index contributed by atoms with van der Waals surface area (Å²) in [5.41, 5.74) is 0.811. The molecule has 1 unspecified atom stereocenters. The van der Waals surface area contributed by atoms with E-state index in [4.69, 9.17) is 0 Å². The van der Waals surface area contributed by atoms with Crippen LogP contribution in [0.25, 0.3) is 0 Å². The number of rotatable bonds is 0. The third-order valence-electron chi connectivity index (χ3n) is 3.37. The highest BCUT2D eigenvalue weighted by Crippen LogP contribution is 2.42. The van der Waals surface area contributed by atoms with Crippen molar-refractivity contribution in [1.29, 1.82) is 0 Å². The summed E-state index contributed by atoms with van der Waals surface area (Å²) in [5, 5.41) is 14.6. The molecule has 3 rings (SSSR count). The van der Waals surface area contributed by atoms with Crippen molar-refractivity contribution < 1.29 is 14.7 Å². The highest BCUT2D eigenvalue weighted by Gasteiger charge is 2.51. The maximum Gasteiger partial charge on any atom is 0.322 e. The first kappa shape index (κ1) is 10.8. The van der Waals surface area contributed by atoms with Crippen molar-refractivity contribution in [3.63, 3.8) is 0 Å². The van der Waals surface area contributed by atoms with Gasteiger partial charge in [0.2, 0.25) is 0 Å². The van der Waals surface area contributed by atoms with Gasteiger partial charge in [-0.3, -0.25) is 10.1 Å². The summed E-state index contributed by atoms with van der Waals surface area (Å²) in [4.78, 5) is 23.2. The minimum Gasteiger partial charge on any atom is -0.507 e. The van der Waals surface area contributed by atoms with Crippen LogP contribution in [-0.4, -0.2) is 17.0 Å². The fourth-order valence-corrected chi connectivity index (χ4v) is 3.30. The monoisotopic (exact) mass is 344 g/mol. The molecule has 1 atom stereocenters. The molecule has 3 amide bonds. The molecule has 1 aliphatic heterocycles. The average Bonchev–Trinajstić information content (AvgIpc) is 2.77. The number of fused-ring (bicyclic) bond motifs is 2. The van der Waals surface area contributed by atoms with E-state index in [1.54, 1.807) is 12.1 Å². The van der Waals surface area contributed by atoms with Crippen LogP contribution in [0.1, 0.15) is 17.5 Å². The Balaban J connectivity index is 2.20. The van der Waals surface area contributed by atoms with E-state index in [2.05, 4.69) is 33.2 Å². The Morgan fingerprint density at radius 2 is 2.12 bits per heavy atom. The van der Waals surface area contributed by atoms with E-state index >= 15 is 0 Å². The molecular formula is C11H9IN2O3. The summed E-state index contributed by atoms with van der Waals surface area (Å²) in [6.07, 6.45) is 1.22. The van der Waals surface area contributed by atoms with Gasteiger partial charge in [-0.25, -0.2) is 4.79 Å². The van der Waals surface area contributed by atoms with Gasteiger partial charge in [-0.05, 0) is 52.6 Å². The molecule has 1 aromatic carbocycles. The van der Waals surface area contributed by atoms with Gasteiger partial charge in [0.25, 0.3) is 5.91 Å². The number of aromatic hydroxyl groups is 1. The van der Waals surface area contributed by atoms with Crippen LogP contribution in [0, 0.1) is 3.57 Å². The number of carbonyl (C=O) groups excluding carboxylic acids is 2. The van der Waals surface area contributed by atoms with E-state index in [1.807, 2.05) is 0 Å². The SMILES string of the molecule is O=C1NC(=O)C2(CCc3c2ccc(O)c3I)N1. The van der Waals surface area contributed by atoms with Crippen molar-refractivity contribution in [2.24, 2.45) is 0 Å². The van der Waals surface area contributed by atoms with Gasteiger partial charge >= 0.3 is 6.03 Å². The second-order valence-corrected chi connectivity index (χ2v) is 5.32. The van der Waals surface area contributed by atoms with Gasteiger partial charge in [0.15, 0.2) is 0 Å². The van der Waals surface area contributed by atoms with Crippen molar-refractivity contribution in [2.75, 3.05) is 0 Å². The van der Waals surface area contributed by atoms with Gasteiger partial charge < -0.3 is 10.4 Å². The van der Waals surface area contributed by atoms with Gasteiger partial charge in [-0.2, -0.15) is 0 Å². The van der Waals surface area contributed by atoms with Crippen molar-refractivity contribution in [3.8, 4) is 5.75 Å².